The highest BCUT2D eigenvalue weighted by molar-refractivity contribution is 6.04. The van der Waals surface area contributed by atoms with E-state index in [0.717, 1.165) is 5.56 Å². The van der Waals surface area contributed by atoms with E-state index in [9.17, 15) is 9.59 Å². The highest BCUT2D eigenvalue weighted by Gasteiger charge is 2.17. The van der Waals surface area contributed by atoms with E-state index in [-0.39, 0.29) is 11.8 Å². The fourth-order valence-electron chi connectivity index (χ4n) is 3.55. The molecule has 3 aromatic rings. The van der Waals surface area contributed by atoms with Crippen LogP contribution in [0.5, 0.6) is 11.5 Å². The number of methoxy groups -OCH3 is 2. The summed E-state index contributed by atoms with van der Waals surface area (Å²) >= 11 is 0. The van der Waals surface area contributed by atoms with Gasteiger partial charge in [0.25, 0.3) is 11.8 Å². The van der Waals surface area contributed by atoms with Crippen molar-refractivity contribution < 1.29 is 19.1 Å². The normalized spacial score (nSPS) is 10.2. The first-order valence-corrected chi connectivity index (χ1v) is 11.1. The second kappa shape index (κ2) is 12.2. The van der Waals surface area contributed by atoms with Crippen molar-refractivity contribution in [2.75, 3.05) is 32.6 Å². The molecule has 0 bridgehead atoms. The molecular formula is C27H28N4O4. The zero-order chi connectivity index (χ0) is 25.2. The summed E-state index contributed by atoms with van der Waals surface area (Å²) in [4.78, 5) is 27.6. The summed E-state index contributed by atoms with van der Waals surface area (Å²) in [5, 5.41) is 11.9. The Labute approximate surface area is 204 Å². The van der Waals surface area contributed by atoms with E-state index in [4.69, 9.17) is 20.5 Å². The minimum atomic E-state index is -0.295. The number of hydrogen-bond acceptors (Lipinski definition) is 6. The summed E-state index contributed by atoms with van der Waals surface area (Å²) < 4.78 is 10.5. The standard InChI is InChI=1S/C27H28N4O4/c1-34-24-12-11-22(16-25(24)35-2)26(32)30-23-6-3-5-20(15-23)18-31(14-4-13-28)27(33)21-9-7-19(17-29)8-10-21/h3,5-12,15-16H,4,13-14,18,28H2,1-2H3,(H,30,32). The third-order valence-corrected chi connectivity index (χ3v) is 5.38. The van der Waals surface area contributed by atoms with E-state index in [1.807, 2.05) is 18.2 Å². The lowest BCUT2D eigenvalue weighted by molar-refractivity contribution is 0.0742. The van der Waals surface area contributed by atoms with Crippen LogP contribution < -0.4 is 20.5 Å². The van der Waals surface area contributed by atoms with Crippen LogP contribution >= 0.6 is 0 Å². The average molecular weight is 473 g/mol. The molecule has 8 heteroatoms. The second-order valence-electron chi connectivity index (χ2n) is 7.78. The Kier molecular flexibility index (Phi) is 8.82. The fourth-order valence-corrected chi connectivity index (χ4v) is 3.55. The van der Waals surface area contributed by atoms with Crippen molar-refractivity contribution in [1.82, 2.24) is 4.90 Å². The Bertz CT molecular complexity index is 1220. The number of amides is 2. The molecule has 0 fully saturated rings. The van der Waals surface area contributed by atoms with Gasteiger partial charge in [-0.1, -0.05) is 12.1 Å². The van der Waals surface area contributed by atoms with Gasteiger partial charge in [0.1, 0.15) is 0 Å². The number of nitrogens with one attached hydrogen (secondary N) is 1. The Morgan fingerprint density at radius 1 is 0.971 bits per heavy atom. The van der Waals surface area contributed by atoms with Gasteiger partial charge in [0.15, 0.2) is 11.5 Å². The molecule has 8 nitrogen and oxygen atoms in total. The first-order chi connectivity index (χ1) is 17.0. The van der Waals surface area contributed by atoms with Crippen molar-refractivity contribution in [3.63, 3.8) is 0 Å². The predicted octanol–water partition coefficient (Wildman–Crippen LogP) is 3.82. The Balaban J connectivity index is 1.76. The van der Waals surface area contributed by atoms with E-state index in [1.165, 1.54) is 14.2 Å². The molecule has 0 saturated heterocycles. The van der Waals surface area contributed by atoms with E-state index in [2.05, 4.69) is 11.4 Å². The molecule has 0 aliphatic carbocycles. The molecular weight excluding hydrogens is 444 g/mol. The van der Waals surface area contributed by atoms with Crippen LogP contribution in [0.3, 0.4) is 0 Å². The third-order valence-electron chi connectivity index (χ3n) is 5.38. The smallest absolute Gasteiger partial charge is 0.255 e. The molecule has 3 aromatic carbocycles. The summed E-state index contributed by atoms with van der Waals surface area (Å²) in [5.74, 6) is 0.556. The van der Waals surface area contributed by atoms with Gasteiger partial charge in [-0.15, -0.1) is 0 Å². The van der Waals surface area contributed by atoms with Crippen LogP contribution in [0.2, 0.25) is 0 Å². The summed E-state index contributed by atoms with van der Waals surface area (Å²) in [7, 11) is 3.05. The molecule has 0 aromatic heterocycles. The maximum absolute atomic E-state index is 13.1. The molecule has 2 amide bonds. The molecule has 35 heavy (non-hydrogen) atoms. The van der Waals surface area contributed by atoms with E-state index in [1.54, 1.807) is 53.4 Å². The average Bonchev–Trinajstić information content (AvgIpc) is 2.90. The van der Waals surface area contributed by atoms with Crippen molar-refractivity contribution in [3.8, 4) is 17.6 Å². The topological polar surface area (TPSA) is 118 Å². The van der Waals surface area contributed by atoms with Crippen LogP contribution in [0, 0.1) is 11.3 Å². The maximum Gasteiger partial charge on any atom is 0.255 e. The lowest BCUT2D eigenvalue weighted by Gasteiger charge is -2.23. The molecule has 3 N–H and O–H groups in total. The van der Waals surface area contributed by atoms with Crippen molar-refractivity contribution in [1.29, 1.82) is 5.26 Å². The summed E-state index contributed by atoms with van der Waals surface area (Å²) in [6.45, 7) is 1.29. The van der Waals surface area contributed by atoms with Crippen LogP contribution in [0.15, 0.2) is 66.7 Å². The van der Waals surface area contributed by atoms with E-state index < -0.39 is 0 Å². The Morgan fingerprint density at radius 3 is 2.34 bits per heavy atom. The molecule has 0 aliphatic heterocycles. The maximum atomic E-state index is 13.1. The highest BCUT2D eigenvalue weighted by atomic mass is 16.5. The van der Waals surface area contributed by atoms with Crippen LogP contribution in [-0.4, -0.2) is 44.0 Å². The zero-order valence-electron chi connectivity index (χ0n) is 19.8. The quantitative estimate of drug-likeness (QED) is 0.463. The number of hydrogen-bond donors (Lipinski definition) is 2. The minimum Gasteiger partial charge on any atom is -0.493 e. The molecule has 0 aliphatic rings. The lowest BCUT2D eigenvalue weighted by Crippen LogP contribution is -2.32. The molecule has 3 rings (SSSR count). The molecule has 0 radical (unpaired) electrons. The zero-order valence-corrected chi connectivity index (χ0v) is 19.8. The van der Waals surface area contributed by atoms with Gasteiger partial charge in [-0.2, -0.15) is 5.26 Å². The van der Waals surface area contributed by atoms with Gasteiger partial charge in [-0.05, 0) is 73.1 Å². The van der Waals surface area contributed by atoms with E-state index in [0.29, 0.717) is 59.9 Å². The number of nitrogens with zero attached hydrogens (tertiary/aromatic N) is 2. The molecule has 180 valence electrons. The molecule has 0 saturated carbocycles. The summed E-state index contributed by atoms with van der Waals surface area (Å²) in [6.07, 6.45) is 0.651. The number of rotatable bonds is 10. The first-order valence-electron chi connectivity index (χ1n) is 11.1. The van der Waals surface area contributed by atoms with Crippen molar-refractivity contribution in [2.24, 2.45) is 5.73 Å². The van der Waals surface area contributed by atoms with Gasteiger partial charge in [0, 0.05) is 29.9 Å². The summed E-state index contributed by atoms with van der Waals surface area (Å²) in [6, 6.07) is 20.9. The molecule has 0 heterocycles. The monoisotopic (exact) mass is 472 g/mol. The Hall–Kier alpha value is -4.35. The molecule has 0 unspecified atom stereocenters. The SMILES string of the molecule is COc1ccc(C(=O)Nc2cccc(CN(CCCN)C(=O)c3ccc(C#N)cc3)c2)cc1OC. The largest absolute Gasteiger partial charge is 0.493 e. The number of nitriles is 1. The van der Waals surface area contributed by atoms with Gasteiger partial charge >= 0.3 is 0 Å². The number of carbonyl (C=O) groups excluding carboxylic acids is 2. The van der Waals surface area contributed by atoms with E-state index >= 15 is 0 Å². The Morgan fingerprint density at radius 2 is 1.69 bits per heavy atom. The molecule has 0 spiro atoms. The van der Waals surface area contributed by atoms with Gasteiger partial charge in [-0.25, -0.2) is 0 Å². The third kappa shape index (κ3) is 6.59. The number of anilines is 1. The van der Waals surface area contributed by atoms with Crippen molar-refractivity contribution in [3.05, 3.63) is 89.0 Å². The predicted molar refractivity (Wildman–Crippen MR) is 134 cm³/mol. The van der Waals surface area contributed by atoms with Gasteiger partial charge in [-0.3, -0.25) is 9.59 Å². The van der Waals surface area contributed by atoms with Gasteiger partial charge in [0.2, 0.25) is 0 Å². The molecule has 0 atom stereocenters. The number of carbonyl (C=O) groups is 2. The summed E-state index contributed by atoms with van der Waals surface area (Å²) in [5.41, 5.74) is 8.56. The number of benzene rings is 3. The van der Waals surface area contributed by atoms with Crippen molar-refractivity contribution in [2.45, 2.75) is 13.0 Å². The number of ether oxygens (including phenoxy) is 2. The van der Waals surface area contributed by atoms with Crippen LogP contribution in [0.4, 0.5) is 5.69 Å². The van der Waals surface area contributed by atoms with Gasteiger partial charge < -0.3 is 25.4 Å². The van der Waals surface area contributed by atoms with Crippen LogP contribution in [0.1, 0.15) is 38.3 Å². The van der Waals surface area contributed by atoms with Crippen LogP contribution in [0.25, 0.3) is 0 Å². The van der Waals surface area contributed by atoms with Gasteiger partial charge in [0.05, 0.1) is 25.9 Å². The first kappa shape index (κ1) is 25.3. The fraction of sp³-hybridized carbons (Fsp3) is 0.222. The minimum absolute atomic E-state index is 0.150. The van der Waals surface area contributed by atoms with Crippen LogP contribution in [-0.2, 0) is 6.54 Å². The van der Waals surface area contributed by atoms with Crippen molar-refractivity contribution >= 4 is 17.5 Å². The number of nitrogens with two attached hydrogens (primary N) is 1. The second-order valence-corrected chi connectivity index (χ2v) is 7.78. The highest BCUT2D eigenvalue weighted by Crippen LogP contribution is 2.28. The lowest BCUT2D eigenvalue weighted by atomic mass is 10.1.